The van der Waals surface area contributed by atoms with E-state index in [1.165, 1.54) is 12.4 Å². The average molecular weight is 537 g/mol. The lowest BCUT2D eigenvalue weighted by Crippen LogP contribution is -2.30. The molecule has 0 spiro atoms. The molecule has 1 N–H and O–H groups in total. The molecule has 204 valence electrons. The van der Waals surface area contributed by atoms with E-state index < -0.39 is 0 Å². The summed E-state index contributed by atoms with van der Waals surface area (Å²) in [7, 11) is 1.97. The molecule has 3 aromatic carbocycles. The zero-order valence-electron chi connectivity index (χ0n) is 22.9. The van der Waals surface area contributed by atoms with Gasteiger partial charge < -0.3 is 24.3 Å². The van der Waals surface area contributed by atoms with E-state index in [0.717, 1.165) is 44.7 Å². The van der Waals surface area contributed by atoms with Crippen LogP contribution in [0.3, 0.4) is 0 Å². The van der Waals surface area contributed by atoms with Crippen molar-refractivity contribution >= 4 is 39.3 Å². The lowest BCUT2D eigenvalue weighted by molar-refractivity contribution is -0.125. The van der Waals surface area contributed by atoms with Gasteiger partial charge in [0.05, 0.1) is 34.9 Å². The number of aryl methyl sites for hydroxylation is 2. The highest BCUT2D eigenvalue weighted by Gasteiger charge is 2.13. The Hall–Kier alpha value is -4.92. The summed E-state index contributed by atoms with van der Waals surface area (Å²) in [4.78, 5) is 27.0. The van der Waals surface area contributed by atoms with Gasteiger partial charge in [-0.3, -0.25) is 4.79 Å². The van der Waals surface area contributed by atoms with Crippen molar-refractivity contribution in [2.75, 3.05) is 25.0 Å². The minimum absolute atomic E-state index is 0.0754. The van der Waals surface area contributed by atoms with Crippen molar-refractivity contribution in [1.29, 1.82) is 0 Å². The summed E-state index contributed by atoms with van der Waals surface area (Å²) in [6, 6.07) is 17.5. The SMILES string of the molecule is C=CC(=O)N(CC)CCCOc1cccc2ncnc(Nc3ccc(Oc4ccc5c(c4)ncn5C)c(C)c3)c12. The lowest BCUT2D eigenvalue weighted by Gasteiger charge is -2.19. The first-order valence-electron chi connectivity index (χ1n) is 13.2. The minimum Gasteiger partial charge on any atom is -0.493 e. The normalized spacial score (nSPS) is 11.0. The zero-order chi connectivity index (χ0) is 28.1. The van der Waals surface area contributed by atoms with Crippen LogP contribution in [0.1, 0.15) is 18.9 Å². The van der Waals surface area contributed by atoms with Gasteiger partial charge in [0.25, 0.3) is 0 Å². The highest BCUT2D eigenvalue weighted by atomic mass is 16.5. The van der Waals surface area contributed by atoms with Crippen molar-refractivity contribution in [3.8, 4) is 17.2 Å². The number of likely N-dealkylation sites (N-methyl/N-ethyl adjacent to an activating group) is 1. The number of aromatic nitrogens is 4. The van der Waals surface area contributed by atoms with Gasteiger partial charge in [-0.05, 0) is 74.4 Å². The van der Waals surface area contributed by atoms with E-state index in [1.54, 1.807) is 11.2 Å². The lowest BCUT2D eigenvalue weighted by atomic mass is 10.1. The number of carbonyl (C=O) groups is 1. The van der Waals surface area contributed by atoms with Gasteiger partial charge in [-0.1, -0.05) is 12.6 Å². The van der Waals surface area contributed by atoms with E-state index in [1.807, 2.05) is 80.1 Å². The van der Waals surface area contributed by atoms with Crippen LogP contribution in [-0.4, -0.2) is 50.0 Å². The van der Waals surface area contributed by atoms with Crippen molar-refractivity contribution in [2.24, 2.45) is 7.05 Å². The fourth-order valence-electron chi connectivity index (χ4n) is 4.57. The van der Waals surface area contributed by atoms with Gasteiger partial charge >= 0.3 is 0 Å². The van der Waals surface area contributed by atoms with Crippen molar-refractivity contribution < 1.29 is 14.3 Å². The number of ether oxygens (including phenoxy) is 2. The molecule has 0 fully saturated rings. The second kappa shape index (κ2) is 11.9. The fourth-order valence-corrected chi connectivity index (χ4v) is 4.57. The minimum atomic E-state index is -0.0754. The molecular formula is C31H32N6O3. The van der Waals surface area contributed by atoms with E-state index in [-0.39, 0.29) is 5.91 Å². The Morgan fingerprint density at radius 2 is 1.95 bits per heavy atom. The number of anilines is 2. The third-order valence-corrected chi connectivity index (χ3v) is 6.69. The summed E-state index contributed by atoms with van der Waals surface area (Å²) in [6.45, 7) is 9.19. The third-order valence-electron chi connectivity index (χ3n) is 6.69. The number of nitrogens with zero attached hydrogens (tertiary/aromatic N) is 5. The summed E-state index contributed by atoms with van der Waals surface area (Å²) in [6.07, 6.45) is 5.35. The van der Waals surface area contributed by atoms with E-state index in [2.05, 4.69) is 26.8 Å². The molecule has 0 atom stereocenters. The molecule has 2 aromatic heterocycles. The summed E-state index contributed by atoms with van der Waals surface area (Å²) >= 11 is 0. The first-order chi connectivity index (χ1) is 19.5. The number of carbonyl (C=O) groups excluding carboxylic acids is 1. The molecule has 0 saturated heterocycles. The van der Waals surface area contributed by atoms with Crippen molar-refractivity contribution in [2.45, 2.75) is 20.3 Å². The van der Waals surface area contributed by atoms with E-state index in [4.69, 9.17) is 9.47 Å². The molecule has 0 aliphatic heterocycles. The molecule has 9 heteroatoms. The Balaban J connectivity index is 1.31. The van der Waals surface area contributed by atoms with Crippen LogP contribution < -0.4 is 14.8 Å². The summed E-state index contributed by atoms with van der Waals surface area (Å²) in [5, 5.41) is 4.22. The third kappa shape index (κ3) is 5.73. The van der Waals surface area contributed by atoms with Crippen LogP contribution in [0.2, 0.25) is 0 Å². The molecule has 9 nitrogen and oxygen atoms in total. The molecule has 2 heterocycles. The molecule has 0 aliphatic rings. The monoisotopic (exact) mass is 536 g/mol. The number of fused-ring (bicyclic) bond motifs is 2. The first kappa shape index (κ1) is 26.7. The number of hydrogen-bond acceptors (Lipinski definition) is 7. The maximum Gasteiger partial charge on any atom is 0.245 e. The standard InChI is InChI=1S/C31H32N6O3/c1-5-29(38)37(6-2)15-8-16-39-28-10-7-9-24-30(28)31(33-19-32-24)35-22-11-14-27(21(3)17-22)40-23-12-13-26-25(18-23)34-20-36(26)4/h5,7,9-14,17-20H,1,6,8,15-16H2,2-4H3,(H,32,33,35). The second-order valence-electron chi connectivity index (χ2n) is 9.41. The molecule has 0 unspecified atom stereocenters. The van der Waals surface area contributed by atoms with Crippen LogP contribution in [0, 0.1) is 6.92 Å². The molecule has 5 rings (SSSR count). The van der Waals surface area contributed by atoms with Gasteiger partial charge in [0.15, 0.2) is 0 Å². The molecular weight excluding hydrogens is 504 g/mol. The summed E-state index contributed by atoms with van der Waals surface area (Å²) in [5.41, 5.74) is 4.54. The Morgan fingerprint density at radius 3 is 2.75 bits per heavy atom. The topological polar surface area (TPSA) is 94.4 Å². The van der Waals surface area contributed by atoms with E-state index >= 15 is 0 Å². The smallest absolute Gasteiger partial charge is 0.245 e. The average Bonchev–Trinajstić information content (AvgIpc) is 3.34. The predicted octanol–water partition coefficient (Wildman–Crippen LogP) is 6.16. The van der Waals surface area contributed by atoms with E-state index in [0.29, 0.717) is 37.7 Å². The highest BCUT2D eigenvalue weighted by Crippen LogP contribution is 2.34. The highest BCUT2D eigenvalue weighted by molar-refractivity contribution is 5.95. The predicted molar refractivity (Wildman–Crippen MR) is 157 cm³/mol. The number of hydrogen-bond donors (Lipinski definition) is 1. The molecule has 5 aromatic rings. The van der Waals surface area contributed by atoms with E-state index in [9.17, 15) is 4.79 Å². The molecule has 0 saturated carbocycles. The van der Waals surface area contributed by atoms with Crippen LogP contribution >= 0.6 is 0 Å². The van der Waals surface area contributed by atoms with Gasteiger partial charge in [0, 0.05) is 31.9 Å². The Labute approximate surface area is 233 Å². The molecule has 1 amide bonds. The molecule has 0 bridgehead atoms. The van der Waals surface area contributed by atoms with Crippen LogP contribution in [-0.2, 0) is 11.8 Å². The van der Waals surface area contributed by atoms with Crippen molar-refractivity contribution in [1.82, 2.24) is 24.4 Å². The number of benzene rings is 3. The summed E-state index contributed by atoms with van der Waals surface area (Å²) in [5.74, 6) is 2.74. The summed E-state index contributed by atoms with van der Waals surface area (Å²) < 4.78 is 14.3. The number of amides is 1. The van der Waals surface area contributed by atoms with Gasteiger partial charge in [0.1, 0.15) is 29.4 Å². The zero-order valence-corrected chi connectivity index (χ0v) is 22.9. The van der Waals surface area contributed by atoms with Gasteiger partial charge in [0.2, 0.25) is 5.91 Å². The van der Waals surface area contributed by atoms with Gasteiger partial charge in [-0.15, -0.1) is 0 Å². The maximum atomic E-state index is 11.9. The Bertz CT molecular complexity index is 1670. The second-order valence-corrected chi connectivity index (χ2v) is 9.41. The van der Waals surface area contributed by atoms with Crippen LogP contribution in [0.15, 0.2) is 79.9 Å². The Kier molecular flexibility index (Phi) is 7.91. The molecule has 0 aliphatic carbocycles. The maximum absolute atomic E-state index is 11.9. The number of imidazole rings is 1. The van der Waals surface area contributed by atoms with Gasteiger partial charge in [-0.2, -0.15) is 0 Å². The van der Waals surface area contributed by atoms with Crippen molar-refractivity contribution in [3.63, 3.8) is 0 Å². The fraction of sp³-hybridized carbons (Fsp3) is 0.226. The quantitative estimate of drug-likeness (QED) is 0.159. The van der Waals surface area contributed by atoms with Gasteiger partial charge in [-0.25, -0.2) is 15.0 Å². The molecule has 40 heavy (non-hydrogen) atoms. The number of nitrogens with one attached hydrogen (secondary N) is 1. The van der Waals surface area contributed by atoms with Crippen molar-refractivity contribution in [3.05, 3.63) is 85.5 Å². The van der Waals surface area contributed by atoms with Crippen LogP contribution in [0.4, 0.5) is 11.5 Å². The number of rotatable bonds is 11. The van der Waals surface area contributed by atoms with Crippen LogP contribution in [0.25, 0.3) is 21.9 Å². The van der Waals surface area contributed by atoms with Crippen LogP contribution in [0.5, 0.6) is 17.2 Å². The first-order valence-corrected chi connectivity index (χ1v) is 13.2. The Morgan fingerprint density at radius 1 is 1.07 bits per heavy atom. The molecule has 0 radical (unpaired) electrons. The largest absolute Gasteiger partial charge is 0.493 e.